The van der Waals surface area contributed by atoms with Crippen molar-refractivity contribution in [3.63, 3.8) is 0 Å². The summed E-state index contributed by atoms with van der Waals surface area (Å²) in [6, 6.07) is 0. The molecule has 0 bridgehead atoms. The van der Waals surface area contributed by atoms with Gasteiger partial charge in [-0.25, -0.2) is 0 Å². The highest BCUT2D eigenvalue weighted by molar-refractivity contribution is 5.56. The molecule has 0 fully saturated rings. The quantitative estimate of drug-likeness (QED) is 0.526. The van der Waals surface area contributed by atoms with Crippen LogP contribution in [0.2, 0.25) is 0 Å². The Kier molecular flexibility index (Phi) is 4.56. The molecule has 17 heavy (non-hydrogen) atoms. The first-order valence-electron chi connectivity index (χ1n) is 6.84. The van der Waals surface area contributed by atoms with E-state index in [1.807, 2.05) is 13.8 Å². The molecule has 0 radical (unpaired) electrons. The molecule has 1 unspecified atom stereocenters. The summed E-state index contributed by atoms with van der Waals surface area (Å²) in [5, 5.41) is 0. The molecule has 0 aromatic rings. The average Bonchev–Trinajstić information content (AvgIpc) is 2.66. The van der Waals surface area contributed by atoms with Gasteiger partial charge in [-0.1, -0.05) is 58.1 Å². The fourth-order valence-electron chi connectivity index (χ4n) is 2.93. The van der Waals surface area contributed by atoms with Crippen LogP contribution in [0.3, 0.4) is 0 Å². The van der Waals surface area contributed by atoms with Gasteiger partial charge in [-0.05, 0) is 36.5 Å². The summed E-state index contributed by atoms with van der Waals surface area (Å²) >= 11 is 0. The van der Waals surface area contributed by atoms with Crippen LogP contribution < -0.4 is 0 Å². The number of hydrogen-bond acceptors (Lipinski definition) is 0. The van der Waals surface area contributed by atoms with E-state index in [1.165, 1.54) is 34.3 Å². The minimum Gasteiger partial charge on any atom is -0.0989 e. The Morgan fingerprint density at radius 1 is 1.29 bits per heavy atom. The van der Waals surface area contributed by atoms with Crippen molar-refractivity contribution < 1.29 is 0 Å². The Morgan fingerprint density at radius 2 is 1.88 bits per heavy atom. The lowest BCUT2D eigenvalue weighted by molar-refractivity contribution is 0.666. The van der Waals surface area contributed by atoms with E-state index in [4.69, 9.17) is 0 Å². The smallest absolute Gasteiger partial charge is 0.00515 e. The Balaban J connectivity index is 0.000000686. The highest BCUT2D eigenvalue weighted by atomic mass is 14.4. The molecule has 0 aromatic heterocycles. The van der Waals surface area contributed by atoms with E-state index in [-0.39, 0.29) is 0 Å². The molecule has 0 amide bonds. The van der Waals surface area contributed by atoms with Crippen molar-refractivity contribution >= 4 is 0 Å². The van der Waals surface area contributed by atoms with Gasteiger partial charge in [-0.15, -0.1) is 0 Å². The zero-order valence-electron chi connectivity index (χ0n) is 12.1. The first-order valence-corrected chi connectivity index (χ1v) is 6.84. The van der Waals surface area contributed by atoms with Crippen molar-refractivity contribution in [2.75, 3.05) is 0 Å². The van der Waals surface area contributed by atoms with Crippen LogP contribution in [0.15, 0.2) is 47.1 Å². The summed E-state index contributed by atoms with van der Waals surface area (Å²) in [6.45, 7) is 19.2. The van der Waals surface area contributed by atoms with Gasteiger partial charge in [0.25, 0.3) is 0 Å². The molecule has 94 valence electrons. The molecular weight excluding hydrogens is 204 g/mol. The summed E-state index contributed by atoms with van der Waals surface area (Å²) in [4.78, 5) is 0. The third-order valence-corrected chi connectivity index (χ3v) is 3.90. The number of rotatable bonds is 1. The van der Waals surface area contributed by atoms with E-state index < -0.39 is 0 Å². The van der Waals surface area contributed by atoms with Crippen LogP contribution in [-0.4, -0.2) is 0 Å². The van der Waals surface area contributed by atoms with Crippen LogP contribution >= 0.6 is 0 Å². The lowest BCUT2D eigenvalue weighted by Gasteiger charge is -2.28. The predicted molar refractivity (Wildman–Crippen MR) is 78.0 cm³/mol. The third kappa shape index (κ3) is 2.31. The molecule has 2 aliphatic carbocycles. The lowest BCUT2D eigenvalue weighted by Crippen LogP contribution is -2.14. The molecule has 0 aliphatic heterocycles. The van der Waals surface area contributed by atoms with Crippen molar-refractivity contribution in [2.45, 2.75) is 47.5 Å². The zero-order chi connectivity index (χ0) is 13.2. The molecule has 0 heteroatoms. The van der Waals surface area contributed by atoms with Gasteiger partial charge >= 0.3 is 0 Å². The largest absolute Gasteiger partial charge is 0.0989 e. The summed E-state index contributed by atoms with van der Waals surface area (Å²) in [6.07, 6.45) is 4.56. The molecule has 0 nitrogen and oxygen atoms in total. The van der Waals surface area contributed by atoms with Gasteiger partial charge in [-0.3, -0.25) is 0 Å². The van der Waals surface area contributed by atoms with Crippen molar-refractivity contribution in [1.82, 2.24) is 0 Å². The summed E-state index contributed by atoms with van der Waals surface area (Å²) < 4.78 is 0. The van der Waals surface area contributed by atoms with Gasteiger partial charge in [0, 0.05) is 11.8 Å². The van der Waals surface area contributed by atoms with E-state index in [2.05, 4.69) is 40.0 Å². The van der Waals surface area contributed by atoms with Gasteiger partial charge in [0.2, 0.25) is 0 Å². The first-order chi connectivity index (χ1) is 8.06. The summed E-state index contributed by atoms with van der Waals surface area (Å²) in [5.41, 5.74) is 7.13. The zero-order valence-corrected chi connectivity index (χ0v) is 12.1. The Morgan fingerprint density at radius 3 is 2.41 bits per heavy atom. The molecule has 0 spiro atoms. The van der Waals surface area contributed by atoms with Crippen LogP contribution in [-0.2, 0) is 0 Å². The van der Waals surface area contributed by atoms with Gasteiger partial charge in [0.15, 0.2) is 0 Å². The van der Waals surface area contributed by atoms with Gasteiger partial charge in [0.1, 0.15) is 0 Å². The Bertz CT molecular complexity index is 390. The SMILES string of the molecule is C=C1CC(=C)[C@H](C)C2=C1C(CC)C(C)=C2.CC. The maximum atomic E-state index is 4.22. The molecule has 0 heterocycles. The molecule has 0 N–H and O–H groups in total. The van der Waals surface area contributed by atoms with E-state index >= 15 is 0 Å². The van der Waals surface area contributed by atoms with Crippen molar-refractivity contribution in [3.8, 4) is 0 Å². The normalized spacial score (nSPS) is 27.5. The molecular formula is C17H26. The van der Waals surface area contributed by atoms with E-state index in [1.54, 1.807) is 0 Å². The highest BCUT2D eigenvalue weighted by Gasteiger charge is 2.32. The summed E-state index contributed by atoms with van der Waals surface area (Å²) in [7, 11) is 0. The molecule has 2 atom stereocenters. The maximum absolute atomic E-state index is 4.22. The topological polar surface area (TPSA) is 0 Å². The van der Waals surface area contributed by atoms with E-state index in [0.29, 0.717) is 11.8 Å². The van der Waals surface area contributed by atoms with Gasteiger partial charge in [-0.2, -0.15) is 0 Å². The third-order valence-electron chi connectivity index (χ3n) is 3.90. The molecule has 0 aromatic carbocycles. The predicted octanol–water partition coefficient (Wildman–Crippen LogP) is 5.45. The van der Waals surface area contributed by atoms with Crippen LogP contribution in [0, 0.1) is 11.8 Å². The second kappa shape index (κ2) is 5.53. The lowest BCUT2D eigenvalue weighted by atomic mass is 9.76. The monoisotopic (exact) mass is 230 g/mol. The minimum absolute atomic E-state index is 0.525. The van der Waals surface area contributed by atoms with Crippen LogP contribution in [0.25, 0.3) is 0 Å². The van der Waals surface area contributed by atoms with Crippen LogP contribution in [0.5, 0.6) is 0 Å². The van der Waals surface area contributed by atoms with E-state index in [0.717, 1.165) is 6.42 Å². The average molecular weight is 230 g/mol. The van der Waals surface area contributed by atoms with Crippen molar-refractivity contribution in [1.29, 1.82) is 0 Å². The highest BCUT2D eigenvalue weighted by Crippen LogP contribution is 2.47. The fourth-order valence-corrected chi connectivity index (χ4v) is 2.93. The van der Waals surface area contributed by atoms with Gasteiger partial charge < -0.3 is 0 Å². The Labute approximate surface area is 107 Å². The second-order valence-corrected chi connectivity index (χ2v) is 4.88. The molecule has 2 aliphatic rings. The summed E-state index contributed by atoms with van der Waals surface area (Å²) in [5.74, 6) is 1.15. The molecule has 0 saturated heterocycles. The van der Waals surface area contributed by atoms with Crippen LogP contribution in [0.4, 0.5) is 0 Å². The second-order valence-electron chi connectivity index (χ2n) is 4.88. The van der Waals surface area contributed by atoms with Gasteiger partial charge in [0.05, 0.1) is 0 Å². The number of hydrogen-bond donors (Lipinski definition) is 0. The standard InChI is InChI=1S/C15H20.C2H6/c1-6-13-10(3)8-14-12(5)9(2)7-11(4)15(13)14;1-2/h8,12-13H,2,4,6-7H2,1,3,5H3;1-2H3/t12-,13?;/m0./s1. The number of allylic oxidation sites excluding steroid dienone is 6. The maximum Gasteiger partial charge on any atom is 0.00515 e. The minimum atomic E-state index is 0.525. The van der Waals surface area contributed by atoms with E-state index in [9.17, 15) is 0 Å². The molecule has 0 saturated carbocycles. The molecule has 2 rings (SSSR count). The van der Waals surface area contributed by atoms with Crippen molar-refractivity contribution in [2.24, 2.45) is 11.8 Å². The first kappa shape index (κ1) is 14.0. The Hall–Kier alpha value is -1.04. The van der Waals surface area contributed by atoms with Crippen molar-refractivity contribution in [3.05, 3.63) is 47.1 Å². The van der Waals surface area contributed by atoms with Crippen LogP contribution in [0.1, 0.15) is 47.5 Å². The fraction of sp³-hybridized carbons (Fsp3) is 0.529.